The fourth-order valence-corrected chi connectivity index (χ4v) is 2.01. The predicted octanol–water partition coefficient (Wildman–Crippen LogP) is 2.99. The molecule has 5 heteroatoms. The molecule has 0 amide bonds. The van der Waals surface area contributed by atoms with Crippen molar-refractivity contribution in [2.45, 2.75) is 0 Å². The zero-order valence-corrected chi connectivity index (χ0v) is 10.9. The monoisotopic (exact) mass is 267 g/mol. The van der Waals surface area contributed by atoms with Gasteiger partial charge in [0.2, 0.25) is 5.95 Å². The average Bonchev–Trinajstić information content (AvgIpc) is 3.01. The Balaban J connectivity index is 2.15. The van der Waals surface area contributed by atoms with Crippen molar-refractivity contribution in [1.29, 1.82) is 0 Å². The number of hydrogen-bond acceptors (Lipinski definition) is 5. The minimum atomic E-state index is 0.194. The summed E-state index contributed by atoms with van der Waals surface area (Å²) in [5.41, 5.74) is 7.99. The minimum Gasteiger partial charge on any atom is -0.496 e. The normalized spacial score (nSPS) is 10.4. The van der Waals surface area contributed by atoms with E-state index < -0.39 is 0 Å². The second kappa shape index (κ2) is 5.05. The van der Waals surface area contributed by atoms with Gasteiger partial charge in [0.25, 0.3) is 0 Å². The molecule has 0 fully saturated rings. The number of hydrogen-bond donors (Lipinski definition) is 1. The van der Waals surface area contributed by atoms with Gasteiger partial charge in [-0.1, -0.05) is 12.1 Å². The molecule has 0 radical (unpaired) electrons. The Hall–Kier alpha value is -2.82. The van der Waals surface area contributed by atoms with Crippen LogP contribution in [-0.4, -0.2) is 17.1 Å². The van der Waals surface area contributed by atoms with Crippen LogP contribution in [0.25, 0.3) is 22.7 Å². The van der Waals surface area contributed by atoms with Gasteiger partial charge in [0.05, 0.1) is 19.1 Å². The number of anilines is 1. The van der Waals surface area contributed by atoms with Crippen molar-refractivity contribution < 1.29 is 9.15 Å². The predicted molar refractivity (Wildman–Crippen MR) is 76.1 cm³/mol. The largest absolute Gasteiger partial charge is 0.496 e. The van der Waals surface area contributed by atoms with Crippen LogP contribution in [0.3, 0.4) is 0 Å². The lowest BCUT2D eigenvalue weighted by Gasteiger charge is -2.08. The Morgan fingerprint density at radius 1 is 1.05 bits per heavy atom. The van der Waals surface area contributed by atoms with Gasteiger partial charge in [0.1, 0.15) is 11.4 Å². The highest BCUT2D eigenvalue weighted by molar-refractivity contribution is 5.71. The van der Waals surface area contributed by atoms with Gasteiger partial charge in [-0.25, -0.2) is 9.97 Å². The zero-order valence-electron chi connectivity index (χ0n) is 10.9. The van der Waals surface area contributed by atoms with E-state index in [9.17, 15) is 0 Å². The van der Waals surface area contributed by atoms with Crippen molar-refractivity contribution in [3.05, 3.63) is 48.7 Å². The Morgan fingerprint density at radius 2 is 1.85 bits per heavy atom. The van der Waals surface area contributed by atoms with Crippen molar-refractivity contribution in [3.8, 4) is 28.5 Å². The number of nitrogen functional groups attached to an aromatic ring is 1. The van der Waals surface area contributed by atoms with E-state index in [0.29, 0.717) is 17.1 Å². The van der Waals surface area contributed by atoms with Crippen LogP contribution in [-0.2, 0) is 0 Å². The number of nitrogens with two attached hydrogens (primary N) is 1. The first-order valence-corrected chi connectivity index (χ1v) is 6.10. The quantitative estimate of drug-likeness (QED) is 0.789. The van der Waals surface area contributed by atoms with Crippen molar-refractivity contribution >= 4 is 5.95 Å². The van der Waals surface area contributed by atoms with Gasteiger partial charge in [-0.15, -0.1) is 0 Å². The summed E-state index contributed by atoms with van der Waals surface area (Å²) >= 11 is 0. The summed E-state index contributed by atoms with van der Waals surface area (Å²) in [4.78, 5) is 8.46. The summed E-state index contributed by atoms with van der Waals surface area (Å²) in [6.07, 6.45) is 1.59. The molecule has 0 atom stereocenters. The van der Waals surface area contributed by atoms with Gasteiger partial charge in [-0.3, -0.25) is 0 Å². The highest BCUT2D eigenvalue weighted by Gasteiger charge is 2.11. The Kier molecular flexibility index (Phi) is 3.09. The van der Waals surface area contributed by atoms with E-state index in [1.54, 1.807) is 19.4 Å². The van der Waals surface area contributed by atoms with Crippen LogP contribution in [0.15, 0.2) is 53.1 Å². The van der Waals surface area contributed by atoms with E-state index in [-0.39, 0.29) is 5.95 Å². The molecule has 3 rings (SSSR count). The third-order valence-corrected chi connectivity index (χ3v) is 2.90. The number of para-hydroxylation sites is 1. The summed E-state index contributed by atoms with van der Waals surface area (Å²) in [7, 11) is 1.62. The smallest absolute Gasteiger partial charge is 0.221 e. The number of benzene rings is 1. The van der Waals surface area contributed by atoms with Crippen LogP contribution < -0.4 is 10.5 Å². The third-order valence-electron chi connectivity index (χ3n) is 2.90. The molecule has 0 spiro atoms. The maximum Gasteiger partial charge on any atom is 0.221 e. The number of methoxy groups -OCH3 is 1. The van der Waals surface area contributed by atoms with Crippen molar-refractivity contribution in [3.63, 3.8) is 0 Å². The van der Waals surface area contributed by atoms with Gasteiger partial charge in [0, 0.05) is 5.56 Å². The van der Waals surface area contributed by atoms with Crippen LogP contribution in [0.2, 0.25) is 0 Å². The molecule has 0 bridgehead atoms. The molecular formula is C15H13N3O2. The molecule has 0 aliphatic carbocycles. The number of aromatic nitrogens is 2. The van der Waals surface area contributed by atoms with Crippen LogP contribution in [0.1, 0.15) is 0 Å². The Morgan fingerprint density at radius 3 is 2.60 bits per heavy atom. The molecule has 100 valence electrons. The second-order valence-electron chi connectivity index (χ2n) is 4.17. The van der Waals surface area contributed by atoms with Crippen molar-refractivity contribution in [2.75, 3.05) is 12.8 Å². The molecule has 0 aliphatic rings. The molecule has 1 aromatic carbocycles. The standard InChI is InChI=1S/C15H13N3O2/c1-19-13-6-3-2-5-10(13)11-9-12(18-15(16)17-11)14-7-4-8-20-14/h2-9H,1H3,(H2,16,17,18). The Bertz CT molecular complexity index is 724. The van der Waals surface area contributed by atoms with E-state index in [0.717, 1.165) is 11.3 Å². The van der Waals surface area contributed by atoms with Crippen molar-refractivity contribution in [2.24, 2.45) is 0 Å². The first kappa shape index (κ1) is 12.2. The number of furan rings is 1. The van der Waals surface area contributed by atoms with Gasteiger partial charge >= 0.3 is 0 Å². The second-order valence-corrected chi connectivity index (χ2v) is 4.17. The van der Waals surface area contributed by atoms with Crippen LogP contribution in [0.5, 0.6) is 5.75 Å². The molecule has 3 aromatic rings. The van der Waals surface area contributed by atoms with Crippen LogP contribution >= 0.6 is 0 Å². The van der Waals surface area contributed by atoms with E-state index in [1.165, 1.54) is 0 Å². The lowest BCUT2D eigenvalue weighted by Crippen LogP contribution is -1.99. The van der Waals surface area contributed by atoms with E-state index in [1.807, 2.05) is 36.4 Å². The maximum atomic E-state index is 5.79. The average molecular weight is 267 g/mol. The highest BCUT2D eigenvalue weighted by atomic mass is 16.5. The molecule has 20 heavy (non-hydrogen) atoms. The fourth-order valence-electron chi connectivity index (χ4n) is 2.01. The zero-order chi connectivity index (χ0) is 13.9. The van der Waals surface area contributed by atoms with E-state index in [4.69, 9.17) is 14.9 Å². The van der Waals surface area contributed by atoms with Crippen LogP contribution in [0, 0.1) is 0 Å². The third kappa shape index (κ3) is 2.21. The molecule has 2 heterocycles. The number of rotatable bonds is 3. The molecule has 2 aromatic heterocycles. The molecule has 5 nitrogen and oxygen atoms in total. The molecule has 0 unspecified atom stereocenters. The first-order valence-electron chi connectivity index (χ1n) is 6.10. The fraction of sp³-hybridized carbons (Fsp3) is 0.0667. The lowest BCUT2D eigenvalue weighted by atomic mass is 10.1. The van der Waals surface area contributed by atoms with Gasteiger partial charge in [-0.05, 0) is 30.3 Å². The van der Waals surface area contributed by atoms with E-state index >= 15 is 0 Å². The summed E-state index contributed by atoms with van der Waals surface area (Å²) in [6, 6.07) is 13.1. The SMILES string of the molecule is COc1ccccc1-c1cc(-c2ccco2)nc(N)n1. The minimum absolute atomic E-state index is 0.194. The summed E-state index contributed by atoms with van der Waals surface area (Å²) in [5.74, 6) is 1.58. The van der Waals surface area contributed by atoms with Gasteiger partial charge in [0.15, 0.2) is 5.76 Å². The lowest BCUT2D eigenvalue weighted by molar-refractivity contribution is 0.416. The summed E-state index contributed by atoms with van der Waals surface area (Å²) in [6.45, 7) is 0. The highest BCUT2D eigenvalue weighted by Crippen LogP contribution is 2.30. The van der Waals surface area contributed by atoms with Gasteiger partial charge in [-0.2, -0.15) is 0 Å². The number of ether oxygens (including phenoxy) is 1. The summed E-state index contributed by atoms with van der Waals surface area (Å²) in [5, 5.41) is 0. The number of nitrogens with zero attached hydrogens (tertiary/aromatic N) is 2. The molecule has 0 saturated carbocycles. The first-order chi connectivity index (χ1) is 9.78. The van der Waals surface area contributed by atoms with Crippen molar-refractivity contribution in [1.82, 2.24) is 9.97 Å². The molecule has 2 N–H and O–H groups in total. The van der Waals surface area contributed by atoms with Crippen LogP contribution in [0.4, 0.5) is 5.95 Å². The van der Waals surface area contributed by atoms with Gasteiger partial charge < -0.3 is 14.9 Å². The summed E-state index contributed by atoms with van der Waals surface area (Å²) < 4.78 is 10.7. The maximum absolute atomic E-state index is 5.79. The topological polar surface area (TPSA) is 74.2 Å². The molecule has 0 saturated heterocycles. The van der Waals surface area contributed by atoms with E-state index in [2.05, 4.69) is 9.97 Å². The molecular weight excluding hydrogens is 254 g/mol. The molecule has 0 aliphatic heterocycles. The Labute approximate surface area is 116 Å².